The largest absolute Gasteiger partial charge is 0.469 e. The van der Waals surface area contributed by atoms with Gasteiger partial charge >= 0.3 is 5.97 Å². The molecule has 92 valence electrons. The summed E-state index contributed by atoms with van der Waals surface area (Å²) in [6, 6.07) is 5.73. The number of H-pyrrole nitrogens is 1. The van der Waals surface area contributed by atoms with Crippen molar-refractivity contribution in [2.45, 2.75) is 6.42 Å². The van der Waals surface area contributed by atoms with Crippen LogP contribution in [0, 0.1) is 0 Å². The minimum Gasteiger partial charge on any atom is -0.469 e. The third-order valence-corrected chi connectivity index (χ3v) is 2.69. The fraction of sp³-hybridized carbons (Fsp3) is 0.143. The standard InChI is InChI=1S/C14H13NO3/c1-18-14(17)4-2-3-10-5-6-13-12(7-10)11(9-16)8-15-13/h2-3,5-9,15H,4H2,1H3. The van der Waals surface area contributed by atoms with Gasteiger partial charge in [0.2, 0.25) is 0 Å². The Labute approximate surface area is 104 Å². The molecule has 1 heterocycles. The molecule has 4 nitrogen and oxygen atoms in total. The number of aromatic amines is 1. The molecule has 1 N–H and O–H groups in total. The van der Waals surface area contributed by atoms with Crippen molar-refractivity contribution in [2.24, 2.45) is 0 Å². The van der Waals surface area contributed by atoms with Crippen LogP contribution in [-0.4, -0.2) is 24.3 Å². The summed E-state index contributed by atoms with van der Waals surface area (Å²) in [7, 11) is 1.36. The van der Waals surface area contributed by atoms with E-state index in [1.807, 2.05) is 24.3 Å². The maximum absolute atomic E-state index is 10.9. The number of carbonyl (C=O) groups is 2. The highest BCUT2D eigenvalue weighted by atomic mass is 16.5. The normalized spacial score (nSPS) is 10.9. The van der Waals surface area contributed by atoms with Gasteiger partial charge in [-0.25, -0.2) is 0 Å². The monoisotopic (exact) mass is 243 g/mol. The number of aromatic nitrogens is 1. The number of fused-ring (bicyclic) bond motifs is 1. The molecular formula is C14H13NO3. The lowest BCUT2D eigenvalue weighted by molar-refractivity contribution is -0.139. The molecule has 0 aliphatic rings. The Kier molecular flexibility index (Phi) is 3.57. The highest BCUT2D eigenvalue weighted by molar-refractivity contribution is 5.98. The molecule has 0 aliphatic heterocycles. The topological polar surface area (TPSA) is 59.2 Å². The molecule has 0 fully saturated rings. The number of rotatable bonds is 4. The molecule has 0 atom stereocenters. The van der Waals surface area contributed by atoms with Crippen molar-refractivity contribution in [3.8, 4) is 0 Å². The first-order valence-corrected chi connectivity index (χ1v) is 5.54. The lowest BCUT2D eigenvalue weighted by Gasteiger charge is -1.96. The van der Waals surface area contributed by atoms with Gasteiger partial charge in [0.05, 0.1) is 13.5 Å². The molecule has 0 unspecified atom stereocenters. The van der Waals surface area contributed by atoms with Crippen molar-refractivity contribution in [1.29, 1.82) is 0 Å². The van der Waals surface area contributed by atoms with Crippen LogP contribution in [0.5, 0.6) is 0 Å². The van der Waals surface area contributed by atoms with Gasteiger partial charge in [-0.3, -0.25) is 9.59 Å². The summed E-state index contributed by atoms with van der Waals surface area (Å²) in [5.74, 6) is -0.275. The molecule has 0 aliphatic carbocycles. The molecule has 0 saturated carbocycles. The van der Waals surface area contributed by atoms with E-state index in [4.69, 9.17) is 0 Å². The number of hydrogen-bond donors (Lipinski definition) is 1. The van der Waals surface area contributed by atoms with Gasteiger partial charge in [0, 0.05) is 22.7 Å². The average molecular weight is 243 g/mol. The fourth-order valence-electron chi connectivity index (χ4n) is 1.74. The zero-order chi connectivity index (χ0) is 13.0. The van der Waals surface area contributed by atoms with E-state index in [0.29, 0.717) is 5.56 Å². The Balaban J connectivity index is 2.23. The first-order valence-electron chi connectivity index (χ1n) is 5.54. The van der Waals surface area contributed by atoms with Crippen molar-refractivity contribution in [3.05, 3.63) is 41.6 Å². The lowest BCUT2D eigenvalue weighted by Crippen LogP contribution is -1.96. The Hall–Kier alpha value is -2.36. The van der Waals surface area contributed by atoms with Gasteiger partial charge < -0.3 is 9.72 Å². The number of carbonyl (C=O) groups excluding carboxylic acids is 2. The van der Waals surface area contributed by atoms with Crippen LogP contribution in [-0.2, 0) is 9.53 Å². The van der Waals surface area contributed by atoms with Gasteiger partial charge in [-0.05, 0) is 17.7 Å². The van der Waals surface area contributed by atoms with E-state index in [0.717, 1.165) is 22.8 Å². The van der Waals surface area contributed by atoms with Crippen molar-refractivity contribution < 1.29 is 14.3 Å². The fourth-order valence-corrected chi connectivity index (χ4v) is 1.74. The molecule has 2 aromatic rings. The summed E-state index contributed by atoms with van der Waals surface area (Å²) in [6.45, 7) is 0. The number of methoxy groups -OCH3 is 1. The van der Waals surface area contributed by atoms with Crippen molar-refractivity contribution in [3.63, 3.8) is 0 Å². The summed E-state index contributed by atoms with van der Waals surface area (Å²) < 4.78 is 4.54. The number of ether oxygens (including phenoxy) is 1. The van der Waals surface area contributed by atoms with Crippen LogP contribution >= 0.6 is 0 Å². The third kappa shape index (κ3) is 2.48. The van der Waals surface area contributed by atoms with Gasteiger partial charge in [0.15, 0.2) is 6.29 Å². The summed E-state index contributed by atoms with van der Waals surface area (Å²) in [5, 5.41) is 0.880. The van der Waals surface area contributed by atoms with E-state index in [2.05, 4.69) is 9.72 Å². The van der Waals surface area contributed by atoms with Crippen LogP contribution in [0.15, 0.2) is 30.5 Å². The molecule has 0 radical (unpaired) electrons. The quantitative estimate of drug-likeness (QED) is 0.663. The van der Waals surface area contributed by atoms with Crippen LogP contribution in [0.1, 0.15) is 22.3 Å². The molecule has 1 aromatic heterocycles. The molecule has 0 bridgehead atoms. The van der Waals surface area contributed by atoms with E-state index >= 15 is 0 Å². The molecule has 0 amide bonds. The Morgan fingerprint density at radius 2 is 2.28 bits per heavy atom. The predicted molar refractivity (Wildman–Crippen MR) is 69.4 cm³/mol. The predicted octanol–water partition coefficient (Wildman–Crippen LogP) is 2.56. The maximum Gasteiger partial charge on any atom is 0.309 e. The molecule has 1 aromatic carbocycles. The van der Waals surface area contributed by atoms with E-state index in [9.17, 15) is 9.59 Å². The van der Waals surface area contributed by atoms with Crippen LogP contribution in [0.3, 0.4) is 0 Å². The number of benzene rings is 1. The summed E-state index contributed by atoms with van der Waals surface area (Å²) in [5.41, 5.74) is 2.49. The van der Waals surface area contributed by atoms with Crippen LogP contribution in [0.25, 0.3) is 17.0 Å². The first kappa shape index (κ1) is 12.1. The van der Waals surface area contributed by atoms with Gasteiger partial charge in [-0.15, -0.1) is 0 Å². The minimum atomic E-state index is -0.275. The van der Waals surface area contributed by atoms with E-state index in [-0.39, 0.29) is 12.4 Å². The van der Waals surface area contributed by atoms with Crippen molar-refractivity contribution in [2.75, 3.05) is 7.11 Å². The first-order chi connectivity index (χ1) is 8.74. The van der Waals surface area contributed by atoms with E-state index in [1.54, 1.807) is 12.3 Å². The highest BCUT2D eigenvalue weighted by Crippen LogP contribution is 2.19. The van der Waals surface area contributed by atoms with Gasteiger partial charge in [0.25, 0.3) is 0 Å². The summed E-state index contributed by atoms with van der Waals surface area (Å²) >= 11 is 0. The van der Waals surface area contributed by atoms with Gasteiger partial charge in [-0.2, -0.15) is 0 Å². The zero-order valence-electron chi connectivity index (χ0n) is 9.97. The SMILES string of the molecule is COC(=O)CC=Cc1ccc2[nH]cc(C=O)c2c1. The molecule has 2 rings (SSSR count). The lowest BCUT2D eigenvalue weighted by atomic mass is 10.1. The van der Waals surface area contributed by atoms with Crippen molar-refractivity contribution >= 4 is 29.2 Å². The van der Waals surface area contributed by atoms with Crippen LogP contribution < -0.4 is 0 Å². The Morgan fingerprint density at radius 1 is 1.44 bits per heavy atom. The second kappa shape index (κ2) is 5.31. The molecule has 18 heavy (non-hydrogen) atoms. The third-order valence-electron chi connectivity index (χ3n) is 2.69. The highest BCUT2D eigenvalue weighted by Gasteiger charge is 2.02. The second-order valence-corrected chi connectivity index (χ2v) is 3.85. The maximum atomic E-state index is 10.9. The van der Waals surface area contributed by atoms with Gasteiger partial charge in [0.1, 0.15) is 0 Å². The second-order valence-electron chi connectivity index (χ2n) is 3.85. The Bertz CT molecular complexity index is 611. The average Bonchev–Trinajstić information content (AvgIpc) is 2.80. The van der Waals surface area contributed by atoms with E-state index < -0.39 is 0 Å². The van der Waals surface area contributed by atoms with Crippen LogP contribution in [0.4, 0.5) is 0 Å². The number of aldehydes is 1. The van der Waals surface area contributed by atoms with Gasteiger partial charge in [-0.1, -0.05) is 18.2 Å². The zero-order valence-corrected chi connectivity index (χ0v) is 9.97. The molecule has 0 spiro atoms. The minimum absolute atomic E-state index is 0.238. The number of nitrogens with one attached hydrogen (secondary N) is 1. The van der Waals surface area contributed by atoms with Crippen molar-refractivity contribution in [1.82, 2.24) is 4.98 Å². The van der Waals surface area contributed by atoms with Crippen LogP contribution in [0.2, 0.25) is 0 Å². The summed E-state index contributed by atoms with van der Waals surface area (Å²) in [6.07, 6.45) is 6.31. The number of esters is 1. The molecule has 0 saturated heterocycles. The molecular weight excluding hydrogens is 230 g/mol. The summed E-state index contributed by atoms with van der Waals surface area (Å²) in [4.78, 5) is 24.8. The number of hydrogen-bond acceptors (Lipinski definition) is 3. The Morgan fingerprint density at radius 3 is 3.00 bits per heavy atom. The smallest absolute Gasteiger partial charge is 0.309 e. The molecule has 4 heteroatoms. The van der Waals surface area contributed by atoms with E-state index in [1.165, 1.54) is 7.11 Å².